The first-order valence-corrected chi connectivity index (χ1v) is 7.00. The van der Waals surface area contributed by atoms with E-state index in [1.165, 1.54) is 0 Å². The van der Waals surface area contributed by atoms with Crippen LogP contribution in [-0.2, 0) is 4.74 Å². The molecule has 0 radical (unpaired) electrons. The van der Waals surface area contributed by atoms with Crippen LogP contribution in [0.4, 0.5) is 0 Å². The second-order valence-electron chi connectivity index (χ2n) is 4.47. The summed E-state index contributed by atoms with van der Waals surface area (Å²) < 4.78 is 6.41. The second-order valence-corrected chi connectivity index (χ2v) is 5.38. The monoisotopic (exact) mass is 312 g/mol. The first-order chi connectivity index (χ1) is 8.70. The van der Waals surface area contributed by atoms with Gasteiger partial charge in [-0.1, -0.05) is 6.92 Å². The van der Waals surface area contributed by atoms with Gasteiger partial charge in [0.25, 0.3) is 5.91 Å². The van der Waals surface area contributed by atoms with Gasteiger partial charge in [0.1, 0.15) is 0 Å². The topological polar surface area (TPSA) is 51.2 Å². The molecular weight excluding hydrogens is 296 g/mol. The highest BCUT2D eigenvalue weighted by Crippen LogP contribution is 2.22. The minimum absolute atomic E-state index is 0.0782. The van der Waals surface area contributed by atoms with Crippen molar-refractivity contribution in [3.63, 3.8) is 0 Å². The maximum absolute atomic E-state index is 11.9. The van der Waals surface area contributed by atoms with E-state index in [-0.39, 0.29) is 12.0 Å². The van der Waals surface area contributed by atoms with Crippen LogP contribution in [0.3, 0.4) is 0 Å². The highest BCUT2D eigenvalue weighted by atomic mass is 79.9. The van der Waals surface area contributed by atoms with Gasteiger partial charge in [0.05, 0.1) is 11.7 Å². The third kappa shape index (κ3) is 3.29. The van der Waals surface area contributed by atoms with Gasteiger partial charge in [-0.25, -0.2) is 0 Å². The number of ether oxygens (including phenoxy) is 1. The average Bonchev–Trinajstić information content (AvgIpc) is 2.83. The van der Waals surface area contributed by atoms with Crippen molar-refractivity contribution in [2.75, 3.05) is 13.2 Å². The molecule has 0 spiro atoms. The Morgan fingerprint density at radius 2 is 2.44 bits per heavy atom. The molecule has 2 heterocycles. The third-order valence-electron chi connectivity index (χ3n) is 3.24. The largest absolute Gasteiger partial charge is 0.378 e. The van der Waals surface area contributed by atoms with Crippen LogP contribution in [0.1, 0.15) is 30.1 Å². The van der Waals surface area contributed by atoms with Crippen LogP contribution >= 0.6 is 15.9 Å². The third-order valence-corrected chi connectivity index (χ3v) is 3.67. The van der Waals surface area contributed by atoms with E-state index in [4.69, 9.17) is 4.74 Å². The molecule has 1 aromatic heterocycles. The van der Waals surface area contributed by atoms with Gasteiger partial charge in [-0.15, -0.1) is 0 Å². The number of rotatable bonds is 4. The second kappa shape index (κ2) is 6.29. The minimum atomic E-state index is -0.0782. The lowest BCUT2D eigenvalue weighted by atomic mass is 9.99. The number of carbonyl (C=O) groups is 1. The van der Waals surface area contributed by atoms with Crippen molar-refractivity contribution in [3.05, 3.63) is 28.5 Å². The lowest BCUT2D eigenvalue weighted by Crippen LogP contribution is -2.32. The molecule has 0 aliphatic carbocycles. The van der Waals surface area contributed by atoms with Crippen molar-refractivity contribution in [2.45, 2.75) is 25.9 Å². The van der Waals surface area contributed by atoms with Crippen LogP contribution in [0.2, 0.25) is 0 Å². The van der Waals surface area contributed by atoms with Gasteiger partial charge in [-0.3, -0.25) is 9.78 Å². The number of hydrogen-bond acceptors (Lipinski definition) is 3. The molecule has 18 heavy (non-hydrogen) atoms. The fraction of sp³-hybridized carbons (Fsp3) is 0.538. The first kappa shape index (κ1) is 13.5. The number of nitrogens with one attached hydrogen (secondary N) is 1. The molecule has 4 nitrogen and oxygen atoms in total. The molecule has 0 aromatic carbocycles. The molecule has 2 atom stereocenters. The zero-order valence-electron chi connectivity index (χ0n) is 10.4. The first-order valence-electron chi connectivity index (χ1n) is 6.21. The van der Waals surface area contributed by atoms with E-state index >= 15 is 0 Å². The van der Waals surface area contributed by atoms with Gasteiger partial charge in [0.15, 0.2) is 0 Å². The zero-order chi connectivity index (χ0) is 13.0. The molecule has 0 saturated carbocycles. The molecule has 5 heteroatoms. The summed E-state index contributed by atoms with van der Waals surface area (Å²) in [5, 5.41) is 2.95. The molecule has 1 N–H and O–H groups in total. The maximum atomic E-state index is 11.9. The summed E-state index contributed by atoms with van der Waals surface area (Å²) in [6.45, 7) is 3.59. The number of pyridine rings is 1. The lowest BCUT2D eigenvalue weighted by molar-refractivity contribution is 0.0826. The van der Waals surface area contributed by atoms with Crippen LogP contribution in [0.5, 0.6) is 0 Å². The van der Waals surface area contributed by atoms with Gasteiger partial charge in [-0.2, -0.15) is 0 Å². The number of carbonyl (C=O) groups excluding carboxylic acids is 1. The van der Waals surface area contributed by atoms with Crippen LogP contribution in [0.25, 0.3) is 0 Å². The van der Waals surface area contributed by atoms with E-state index in [9.17, 15) is 4.79 Å². The average molecular weight is 313 g/mol. The number of amides is 1. The lowest BCUT2D eigenvalue weighted by Gasteiger charge is -2.17. The molecule has 1 fully saturated rings. The highest BCUT2D eigenvalue weighted by molar-refractivity contribution is 9.10. The Bertz CT molecular complexity index is 425. The molecule has 0 bridgehead atoms. The molecular formula is C13H17BrN2O2. The molecule has 1 amide bonds. The normalized spacial score (nSPS) is 23.0. The smallest absolute Gasteiger partial charge is 0.252 e. The Labute approximate surface area is 115 Å². The zero-order valence-corrected chi connectivity index (χ0v) is 11.9. The summed E-state index contributed by atoms with van der Waals surface area (Å²) in [5.41, 5.74) is 0.580. The predicted molar refractivity (Wildman–Crippen MR) is 72.4 cm³/mol. The van der Waals surface area contributed by atoms with Crippen LogP contribution in [0.15, 0.2) is 22.9 Å². The van der Waals surface area contributed by atoms with Crippen molar-refractivity contribution < 1.29 is 9.53 Å². The summed E-state index contributed by atoms with van der Waals surface area (Å²) in [5.74, 6) is 0.351. The van der Waals surface area contributed by atoms with E-state index in [2.05, 4.69) is 33.2 Å². The van der Waals surface area contributed by atoms with Gasteiger partial charge < -0.3 is 10.1 Å². The number of halogens is 1. The quantitative estimate of drug-likeness (QED) is 0.928. The summed E-state index contributed by atoms with van der Waals surface area (Å²) in [7, 11) is 0. The maximum Gasteiger partial charge on any atom is 0.252 e. The van der Waals surface area contributed by atoms with Gasteiger partial charge in [0, 0.05) is 35.9 Å². The highest BCUT2D eigenvalue weighted by Gasteiger charge is 2.26. The SMILES string of the molecule is CCC1OCCC1CNC(=O)c1cncc(Br)c1. The summed E-state index contributed by atoms with van der Waals surface area (Å²) >= 11 is 3.31. The number of aromatic nitrogens is 1. The van der Waals surface area contributed by atoms with E-state index in [1.54, 1.807) is 18.5 Å². The van der Waals surface area contributed by atoms with Crippen LogP contribution < -0.4 is 5.32 Å². The van der Waals surface area contributed by atoms with E-state index in [1.807, 2.05) is 0 Å². The van der Waals surface area contributed by atoms with Crippen molar-refractivity contribution in [1.29, 1.82) is 0 Å². The molecule has 1 saturated heterocycles. The van der Waals surface area contributed by atoms with E-state index in [0.717, 1.165) is 23.9 Å². The Balaban J connectivity index is 1.88. The van der Waals surface area contributed by atoms with Gasteiger partial charge >= 0.3 is 0 Å². The Kier molecular flexibility index (Phi) is 4.72. The summed E-state index contributed by atoms with van der Waals surface area (Å²) in [4.78, 5) is 15.9. The predicted octanol–water partition coefficient (Wildman–Crippen LogP) is 2.39. The van der Waals surface area contributed by atoms with E-state index in [0.29, 0.717) is 18.0 Å². The molecule has 1 aliphatic heterocycles. The molecule has 2 unspecified atom stereocenters. The van der Waals surface area contributed by atoms with Gasteiger partial charge in [-0.05, 0) is 34.8 Å². The van der Waals surface area contributed by atoms with Gasteiger partial charge in [0.2, 0.25) is 0 Å². The summed E-state index contributed by atoms with van der Waals surface area (Å²) in [6, 6.07) is 1.77. The summed E-state index contributed by atoms with van der Waals surface area (Å²) in [6.07, 6.45) is 5.54. The van der Waals surface area contributed by atoms with Crippen molar-refractivity contribution in [3.8, 4) is 0 Å². The Morgan fingerprint density at radius 1 is 1.61 bits per heavy atom. The Morgan fingerprint density at radius 3 is 3.17 bits per heavy atom. The van der Waals surface area contributed by atoms with Crippen molar-refractivity contribution in [1.82, 2.24) is 10.3 Å². The van der Waals surface area contributed by atoms with Crippen molar-refractivity contribution in [2.24, 2.45) is 5.92 Å². The Hall–Kier alpha value is -0.940. The molecule has 98 valence electrons. The van der Waals surface area contributed by atoms with Crippen molar-refractivity contribution >= 4 is 21.8 Å². The molecule has 1 aliphatic rings. The standard InChI is InChI=1S/C13H17BrN2O2/c1-2-12-9(3-4-18-12)7-16-13(17)10-5-11(14)8-15-6-10/h5-6,8-9,12H,2-4,7H2,1H3,(H,16,17). The number of hydrogen-bond donors (Lipinski definition) is 1. The van der Waals surface area contributed by atoms with Crippen LogP contribution in [0, 0.1) is 5.92 Å². The fourth-order valence-electron chi connectivity index (χ4n) is 2.24. The molecule has 2 rings (SSSR count). The fourth-order valence-corrected chi connectivity index (χ4v) is 2.60. The minimum Gasteiger partial charge on any atom is -0.378 e. The van der Waals surface area contributed by atoms with E-state index < -0.39 is 0 Å². The number of nitrogens with zero attached hydrogens (tertiary/aromatic N) is 1. The molecule has 1 aromatic rings. The van der Waals surface area contributed by atoms with Crippen LogP contribution in [-0.4, -0.2) is 30.1 Å².